The molecular weight excluding hydrogens is 382 g/mol. The zero-order chi connectivity index (χ0) is 19.5. The maximum Gasteiger partial charge on any atom is 0.673 e. The Morgan fingerprint density at radius 2 is 1.50 bits per heavy atom. The van der Waals surface area contributed by atoms with E-state index in [4.69, 9.17) is 5.26 Å². The fourth-order valence-electron chi connectivity index (χ4n) is 2.30. The SMILES string of the molecule is F[B-](F)(F)F.N#Cc1cccc(-c2cc3ccccc3[s+]2C(F)(F)F)c1. The Morgan fingerprint density at radius 1 is 0.885 bits per heavy atom. The summed E-state index contributed by atoms with van der Waals surface area (Å²) >= 11 is 0. The van der Waals surface area contributed by atoms with E-state index in [1.807, 2.05) is 6.07 Å². The summed E-state index contributed by atoms with van der Waals surface area (Å²) in [4.78, 5) is 0.223. The molecule has 0 N–H and O–H groups in total. The van der Waals surface area contributed by atoms with Crippen LogP contribution >= 0.6 is 10.5 Å². The van der Waals surface area contributed by atoms with Gasteiger partial charge in [-0.2, -0.15) is 5.26 Å². The third-order valence-corrected chi connectivity index (χ3v) is 5.22. The molecule has 0 bridgehead atoms. The number of alkyl halides is 3. The molecule has 0 spiro atoms. The summed E-state index contributed by atoms with van der Waals surface area (Å²) in [5, 5.41) is 9.51. The van der Waals surface area contributed by atoms with Crippen LogP contribution in [0.3, 0.4) is 0 Å². The highest BCUT2D eigenvalue weighted by Crippen LogP contribution is 2.54. The second kappa shape index (κ2) is 7.37. The average molecular weight is 391 g/mol. The van der Waals surface area contributed by atoms with Crippen molar-refractivity contribution in [3.05, 3.63) is 60.2 Å². The number of fused-ring (bicyclic) bond motifs is 1. The largest absolute Gasteiger partial charge is 0.673 e. The molecule has 1 atom stereocenters. The van der Waals surface area contributed by atoms with Gasteiger partial charge in [-0.25, -0.2) is 0 Å². The number of halogens is 7. The van der Waals surface area contributed by atoms with Crippen molar-refractivity contribution in [3.63, 3.8) is 0 Å². The number of nitrogens with zero attached hydrogens (tertiary/aromatic N) is 1. The van der Waals surface area contributed by atoms with E-state index >= 15 is 0 Å². The molecule has 0 amide bonds. The number of hydrogen-bond acceptors (Lipinski definition) is 1. The lowest BCUT2D eigenvalue weighted by atomic mass is 10.1. The quantitative estimate of drug-likeness (QED) is 0.251. The Morgan fingerprint density at radius 3 is 2.08 bits per heavy atom. The molecule has 1 heterocycles. The van der Waals surface area contributed by atoms with E-state index in [9.17, 15) is 30.4 Å². The van der Waals surface area contributed by atoms with Gasteiger partial charge in [0.2, 0.25) is 0 Å². The normalized spacial score (nSPS) is 12.3. The fourth-order valence-corrected chi connectivity index (χ4v) is 4.22. The van der Waals surface area contributed by atoms with Crippen LogP contribution in [0.2, 0.25) is 0 Å². The standard InChI is InChI=1S/C16H9F3NS.BF4/c17-16(18,19)21-14-7-2-1-5-13(14)9-15(21)12-6-3-4-11(8-12)10-20;2-1(3,4)5/h1-9H;/q+1;-1. The Labute approximate surface area is 146 Å². The van der Waals surface area contributed by atoms with Crippen molar-refractivity contribution in [2.45, 2.75) is 5.51 Å². The molecule has 136 valence electrons. The van der Waals surface area contributed by atoms with Crippen LogP contribution in [0.25, 0.3) is 20.5 Å². The Balaban J connectivity index is 0.000000431. The predicted octanol–water partition coefficient (Wildman–Crippen LogP) is 6.90. The zero-order valence-electron chi connectivity index (χ0n) is 12.8. The van der Waals surface area contributed by atoms with Gasteiger partial charge < -0.3 is 17.3 Å². The molecule has 0 radical (unpaired) electrons. The predicted molar refractivity (Wildman–Crippen MR) is 88.1 cm³/mol. The number of rotatable bonds is 1. The van der Waals surface area contributed by atoms with Crippen LogP contribution in [0.4, 0.5) is 30.4 Å². The first-order valence-electron chi connectivity index (χ1n) is 7.00. The minimum absolute atomic E-state index is 0.223. The molecule has 26 heavy (non-hydrogen) atoms. The molecule has 1 unspecified atom stereocenters. The second-order valence-corrected chi connectivity index (χ2v) is 6.94. The molecule has 10 heteroatoms. The van der Waals surface area contributed by atoms with E-state index in [2.05, 4.69) is 0 Å². The van der Waals surface area contributed by atoms with Gasteiger partial charge in [0.05, 0.1) is 11.6 Å². The highest BCUT2D eigenvalue weighted by atomic mass is 32.2. The van der Waals surface area contributed by atoms with E-state index in [0.29, 0.717) is 21.2 Å². The molecule has 0 fully saturated rings. The first kappa shape index (κ1) is 19.8. The summed E-state index contributed by atoms with van der Waals surface area (Å²) < 4.78 is 79.7. The molecule has 0 saturated carbocycles. The maximum absolute atomic E-state index is 13.5. The van der Waals surface area contributed by atoms with Crippen LogP contribution < -0.4 is 0 Å². The van der Waals surface area contributed by atoms with Crippen LogP contribution in [0.15, 0.2) is 54.6 Å². The van der Waals surface area contributed by atoms with E-state index in [1.54, 1.807) is 42.5 Å². The molecule has 2 aromatic carbocycles. The number of benzene rings is 2. The molecule has 1 aromatic heterocycles. The van der Waals surface area contributed by atoms with Crippen molar-refractivity contribution in [2.75, 3.05) is 0 Å². The minimum atomic E-state index is -6.00. The second-order valence-electron chi connectivity index (χ2n) is 4.99. The Hall–Kier alpha value is -2.54. The van der Waals surface area contributed by atoms with Crippen LogP contribution in [0, 0.1) is 11.3 Å². The number of nitriles is 1. The lowest BCUT2D eigenvalue weighted by Gasteiger charge is -2.01. The summed E-state index contributed by atoms with van der Waals surface area (Å²) in [5.41, 5.74) is -3.53. The minimum Gasteiger partial charge on any atom is -0.418 e. The first-order valence-corrected chi connectivity index (χ1v) is 8.23. The van der Waals surface area contributed by atoms with Crippen molar-refractivity contribution in [1.82, 2.24) is 0 Å². The van der Waals surface area contributed by atoms with Crippen molar-refractivity contribution in [2.24, 2.45) is 0 Å². The van der Waals surface area contributed by atoms with Crippen LogP contribution in [-0.2, 0) is 5.51 Å². The van der Waals surface area contributed by atoms with Crippen molar-refractivity contribution in [1.29, 1.82) is 5.26 Å². The topological polar surface area (TPSA) is 23.8 Å². The molecule has 0 aliphatic heterocycles. The third kappa shape index (κ3) is 4.99. The van der Waals surface area contributed by atoms with Gasteiger partial charge in [0, 0.05) is 17.0 Å². The van der Waals surface area contributed by atoms with Gasteiger partial charge in [-0.05, 0) is 30.3 Å². The summed E-state index contributed by atoms with van der Waals surface area (Å²) in [7, 11) is -7.97. The van der Waals surface area contributed by atoms with E-state index in [1.165, 1.54) is 12.1 Å². The third-order valence-electron chi connectivity index (χ3n) is 3.15. The summed E-state index contributed by atoms with van der Waals surface area (Å²) in [6, 6.07) is 16.4. The van der Waals surface area contributed by atoms with Gasteiger partial charge >= 0.3 is 12.8 Å². The van der Waals surface area contributed by atoms with Crippen molar-refractivity contribution in [3.8, 4) is 16.5 Å². The van der Waals surface area contributed by atoms with E-state index in [-0.39, 0.29) is 4.88 Å². The molecule has 0 aliphatic rings. The molecular formula is C16H9BF7NS. The molecule has 3 rings (SSSR count). The monoisotopic (exact) mass is 391 g/mol. The lowest BCUT2D eigenvalue weighted by Crippen LogP contribution is -2.02. The molecule has 3 aromatic rings. The highest BCUT2D eigenvalue weighted by molar-refractivity contribution is 7.41. The highest BCUT2D eigenvalue weighted by Gasteiger charge is 2.48. The zero-order valence-corrected chi connectivity index (χ0v) is 13.6. The van der Waals surface area contributed by atoms with Gasteiger partial charge in [-0.1, -0.05) is 18.2 Å². The van der Waals surface area contributed by atoms with Crippen LogP contribution in [0.5, 0.6) is 0 Å². The Bertz CT molecular complexity index is 948. The van der Waals surface area contributed by atoms with Crippen molar-refractivity contribution >= 4 is 27.8 Å². The fraction of sp³-hybridized carbons (Fsp3) is 0.0625. The maximum atomic E-state index is 13.5. The molecule has 0 saturated heterocycles. The van der Waals surface area contributed by atoms with Gasteiger partial charge in [0.1, 0.15) is 10.5 Å². The average Bonchev–Trinajstić information content (AvgIpc) is 2.93. The Kier molecular flexibility index (Phi) is 5.61. The lowest BCUT2D eigenvalue weighted by molar-refractivity contribution is -0.0864. The van der Waals surface area contributed by atoms with Crippen LogP contribution in [0.1, 0.15) is 5.56 Å². The van der Waals surface area contributed by atoms with Gasteiger partial charge in [-0.15, -0.1) is 13.2 Å². The van der Waals surface area contributed by atoms with Gasteiger partial charge in [-0.3, -0.25) is 0 Å². The van der Waals surface area contributed by atoms with Gasteiger partial charge in [0.15, 0.2) is 9.58 Å². The summed E-state index contributed by atoms with van der Waals surface area (Å²) in [6.07, 6.45) is 0. The summed E-state index contributed by atoms with van der Waals surface area (Å²) in [6.45, 7) is 0. The number of hydrogen-bond donors (Lipinski definition) is 0. The summed E-state index contributed by atoms with van der Waals surface area (Å²) in [5.74, 6) is 0. The molecule has 1 nitrogen and oxygen atoms in total. The molecule has 0 aliphatic carbocycles. The van der Waals surface area contributed by atoms with E-state index < -0.39 is 23.2 Å². The van der Waals surface area contributed by atoms with E-state index in [0.717, 1.165) is 0 Å². The smallest absolute Gasteiger partial charge is 0.418 e. The van der Waals surface area contributed by atoms with Gasteiger partial charge in [0.25, 0.3) is 0 Å². The first-order chi connectivity index (χ1) is 12.0. The van der Waals surface area contributed by atoms with Crippen molar-refractivity contribution < 1.29 is 30.4 Å². The number of thiophene rings is 1. The van der Waals surface area contributed by atoms with Crippen LogP contribution in [-0.4, -0.2) is 7.25 Å².